The maximum absolute atomic E-state index is 13.5. The van der Waals surface area contributed by atoms with E-state index in [1.165, 1.54) is 11.1 Å². The molecular formula is C26H29N3O3. The normalized spacial score (nSPS) is 19.5. The molecule has 0 aliphatic carbocycles. The number of hydrogen-bond acceptors (Lipinski definition) is 3. The molecule has 5 rings (SSSR count). The number of hydrogen-bond donors (Lipinski definition) is 0. The molecule has 0 atom stereocenters. The van der Waals surface area contributed by atoms with Crippen LogP contribution < -0.4 is 0 Å². The molecule has 32 heavy (non-hydrogen) atoms. The largest absolute Gasteiger partial charge is 0.343 e. The van der Waals surface area contributed by atoms with E-state index in [9.17, 15) is 14.4 Å². The van der Waals surface area contributed by atoms with E-state index in [1.807, 2.05) is 51.1 Å². The van der Waals surface area contributed by atoms with Crippen LogP contribution in [-0.2, 0) is 29.1 Å². The molecule has 0 bridgehead atoms. The van der Waals surface area contributed by atoms with Gasteiger partial charge in [0.2, 0.25) is 11.8 Å². The molecule has 1 fully saturated rings. The molecule has 3 amide bonds. The summed E-state index contributed by atoms with van der Waals surface area (Å²) >= 11 is 0. The number of carbonyl (C=O) groups is 3. The van der Waals surface area contributed by atoms with E-state index in [0.29, 0.717) is 52.0 Å². The number of amides is 3. The first-order chi connectivity index (χ1) is 15.5. The molecule has 6 heteroatoms. The molecule has 1 saturated heterocycles. The molecule has 0 unspecified atom stereocenters. The number of likely N-dealkylation sites (tertiary alicyclic amines) is 1. The monoisotopic (exact) mass is 431 g/mol. The van der Waals surface area contributed by atoms with Crippen LogP contribution in [0.15, 0.2) is 48.5 Å². The van der Waals surface area contributed by atoms with Gasteiger partial charge < -0.3 is 14.7 Å². The minimum absolute atomic E-state index is 0.00802. The first-order valence-corrected chi connectivity index (χ1v) is 11.5. The van der Waals surface area contributed by atoms with Crippen molar-refractivity contribution < 1.29 is 14.4 Å². The van der Waals surface area contributed by atoms with E-state index in [0.717, 1.165) is 17.5 Å². The second-order valence-electron chi connectivity index (χ2n) is 9.29. The lowest BCUT2D eigenvalue weighted by molar-refractivity contribution is -0.137. The second-order valence-corrected chi connectivity index (χ2v) is 9.29. The Hall–Kier alpha value is -3.15. The van der Waals surface area contributed by atoms with Crippen molar-refractivity contribution in [1.29, 1.82) is 0 Å². The van der Waals surface area contributed by atoms with Crippen molar-refractivity contribution in [1.82, 2.24) is 14.7 Å². The van der Waals surface area contributed by atoms with Gasteiger partial charge in [-0.2, -0.15) is 0 Å². The quantitative estimate of drug-likeness (QED) is 0.751. The summed E-state index contributed by atoms with van der Waals surface area (Å²) in [5.74, 6) is 0.154. The SMILES string of the molecule is CC(=O)N1CCC(CC(=O)N2CCc3ccccc3C2)(N2Cc3ccccc3C2=O)CC1. The van der Waals surface area contributed by atoms with E-state index in [4.69, 9.17) is 0 Å². The maximum atomic E-state index is 13.5. The summed E-state index contributed by atoms with van der Waals surface area (Å²) in [6, 6.07) is 16.0. The van der Waals surface area contributed by atoms with Gasteiger partial charge in [-0.25, -0.2) is 0 Å². The second kappa shape index (κ2) is 8.08. The Morgan fingerprint density at radius 1 is 0.844 bits per heavy atom. The van der Waals surface area contributed by atoms with Crippen molar-refractivity contribution in [2.24, 2.45) is 0 Å². The van der Waals surface area contributed by atoms with Gasteiger partial charge in [0, 0.05) is 45.2 Å². The molecule has 0 N–H and O–H groups in total. The van der Waals surface area contributed by atoms with E-state index in [-0.39, 0.29) is 17.7 Å². The Bertz CT molecular complexity index is 1070. The van der Waals surface area contributed by atoms with Gasteiger partial charge in [0.25, 0.3) is 5.91 Å². The Balaban J connectivity index is 1.39. The number of carbonyl (C=O) groups excluding carboxylic acids is 3. The highest BCUT2D eigenvalue weighted by Gasteiger charge is 2.47. The first-order valence-electron chi connectivity index (χ1n) is 11.5. The summed E-state index contributed by atoms with van der Waals surface area (Å²) in [7, 11) is 0. The number of benzene rings is 2. The van der Waals surface area contributed by atoms with Gasteiger partial charge in [0.15, 0.2) is 0 Å². The lowest BCUT2D eigenvalue weighted by Crippen LogP contribution is -2.58. The van der Waals surface area contributed by atoms with Crippen LogP contribution in [0.3, 0.4) is 0 Å². The van der Waals surface area contributed by atoms with Crippen molar-refractivity contribution in [3.63, 3.8) is 0 Å². The van der Waals surface area contributed by atoms with Crippen LogP contribution >= 0.6 is 0 Å². The summed E-state index contributed by atoms with van der Waals surface area (Å²) in [5.41, 5.74) is 3.71. The summed E-state index contributed by atoms with van der Waals surface area (Å²) in [4.78, 5) is 44.5. The topological polar surface area (TPSA) is 60.9 Å². The predicted octanol–water partition coefficient (Wildman–Crippen LogP) is 3.00. The van der Waals surface area contributed by atoms with Gasteiger partial charge in [-0.05, 0) is 42.0 Å². The Morgan fingerprint density at radius 3 is 2.19 bits per heavy atom. The molecular weight excluding hydrogens is 402 g/mol. The number of rotatable bonds is 3. The van der Waals surface area contributed by atoms with Gasteiger partial charge in [-0.1, -0.05) is 42.5 Å². The third-order valence-corrected chi connectivity index (χ3v) is 7.50. The highest BCUT2D eigenvalue weighted by molar-refractivity contribution is 5.99. The van der Waals surface area contributed by atoms with Crippen molar-refractivity contribution >= 4 is 17.7 Å². The van der Waals surface area contributed by atoms with Crippen LogP contribution in [0, 0.1) is 0 Å². The zero-order chi connectivity index (χ0) is 22.3. The lowest BCUT2D eigenvalue weighted by atomic mass is 9.81. The van der Waals surface area contributed by atoms with E-state index < -0.39 is 5.54 Å². The first kappa shape index (κ1) is 20.7. The lowest BCUT2D eigenvalue weighted by Gasteiger charge is -2.47. The molecule has 2 aromatic rings. The van der Waals surface area contributed by atoms with Crippen LogP contribution in [0.1, 0.15) is 53.2 Å². The molecule has 0 radical (unpaired) electrons. The van der Waals surface area contributed by atoms with Gasteiger partial charge in [-0.3, -0.25) is 14.4 Å². The smallest absolute Gasteiger partial charge is 0.254 e. The average Bonchev–Trinajstić information content (AvgIpc) is 3.16. The molecule has 0 spiro atoms. The number of piperidine rings is 1. The molecule has 166 valence electrons. The summed E-state index contributed by atoms with van der Waals surface area (Å²) in [6.45, 7) is 4.60. The van der Waals surface area contributed by atoms with E-state index in [2.05, 4.69) is 12.1 Å². The fraction of sp³-hybridized carbons (Fsp3) is 0.423. The molecule has 3 heterocycles. The molecule has 6 nitrogen and oxygen atoms in total. The van der Waals surface area contributed by atoms with Crippen LogP contribution in [0.4, 0.5) is 0 Å². The third-order valence-electron chi connectivity index (χ3n) is 7.50. The Kier molecular flexibility index (Phi) is 5.24. The van der Waals surface area contributed by atoms with Gasteiger partial charge in [0.1, 0.15) is 0 Å². The van der Waals surface area contributed by atoms with Crippen molar-refractivity contribution in [2.45, 2.75) is 51.2 Å². The fourth-order valence-electron chi connectivity index (χ4n) is 5.52. The highest BCUT2D eigenvalue weighted by atomic mass is 16.2. The minimum atomic E-state index is -0.559. The fourth-order valence-corrected chi connectivity index (χ4v) is 5.52. The van der Waals surface area contributed by atoms with Crippen LogP contribution in [-0.4, -0.2) is 57.6 Å². The van der Waals surface area contributed by atoms with Crippen molar-refractivity contribution in [3.05, 3.63) is 70.8 Å². The van der Waals surface area contributed by atoms with E-state index in [1.54, 1.807) is 6.92 Å². The zero-order valence-corrected chi connectivity index (χ0v) is 18.5. The van der Waals surface area contributed by atoms with Gasteiger partial charge in [-0.15, -0.1) is 0 Å². The Labute approximate surface area is 188 Å². The highest BCUT2D eigenvalue weighted by Crippen LogP contribution is 2.39. The summed E-state index contributed by atoms with van der Waals surface area (Å²) in [5, 5.41) is 0. The van der Waals surface area contributed by atoms with Crippen molar-refractivity contribution in [2.75, 3.05) is 19.6 Å². The summed E-state index contributed by atoms with van der Waals surface area (Å²) < 4.78 is 0. The standard InChI is InChI=1S/C26H29N3O3/c1-19(30)27-14-11-26(12-15-27,29-18-22-8-4-5-9-23(22)25(29)32)16-24(31)28-13-10-20-6-2-3-7-21(20)17-28/h2-9H,10-18H2,1H3. The Morgan fingerprint density at radius 2 is 1.50 bits per heavy atom. The molecule has 0 aromatic heterocycles. The third kappa shape index (κ3) is 3.57. The number of fused-ring (bicyclic) bond motifs is 2. The van der Waals surface area contributed by atoms with Crippen LogP contribution in [0.2, 0.25) is 0 Å². The predicted molar refractivity (Wildman–Crippen MR) is 121 cm³/mol. The summed E-state index contributed by atoms with van der Waals surface area (Å²) in [6.07, 6.45) is 2.42. The minimum Gasteiger partial charge on any atom is -0.343 e. The number of nitrogens with zero attached hydrogens (tertiary/aromatic N) is 3. The molecule has 3 aliphatic heterocycles. The van der Waals surface area contributed by atoms with Crippen LogP contribution in [0.5, 0.6) is 0 Å². The van der Waals surface area contributed by atoms with Gasteiger partial charge in [0.05, 0.1) is 12.0 Å². The van der Waals surface area contributed by atoms with E-state index >= 15 is 0 Å². The van der Waals surface area contributed by atoms with Crippen LogP contribution in [0.25, 0.3) is 0 Å². The average molecular weight is 432 g/mol. The van der Waals surface area contributed by atoms with Crippen molar-refractivity contribution in [3.8, 4) is 0 Å². The van der Waals surface area contributed by atoms with Gasteiger partial charge >= 0.3 is 0 Å². The zero-order valence-electron chi connectivity index (χ0n) is 18.5. The molecule has 2 aromatic carbocycles. The molecule has 0 saturated carbocycles. The maximum Gasteiger partial charge on any atom is 0.254 e. The molecule has 3 aliphatic rings.